The molecule has 3 aromatic rings. The first-order valence-electron chi connectivity index (χ1n) is 18.5. The van der Waals surface area contributed by atoms with Crippen molar-refractivity contribution in [1.82, 2.24) is 10.2 Å². The lowest BCUT2D eigenvalue weighted by molar-refractivity contribution is -0.162. The van der Waals surface area contributed by atoms with Crippen LogP contribution in [-0.4, -0.2) is 90.4 Å². The maximum Gasteiger partial charge on any atom is 0.313 e. The molecule has 2 saturated heterocycles. The van der Waals surface area contributed by atoms with Crippen LogP contribution in [0.15, 0.2) is 97.1 Å². The maximum atomic E-state index is 15.3. The lowest BCUT2D eigenvalue weighted by atomic mass is 9.74. The number of carbonyl (C=O) groups excluding carboxylic acids is 4. The first kappa shape index (κ1) is 36.5. The van der Waals surface area contributed by atoms with Gasteiger partial charge in [0.05, 0.1) is 37.3 Å². The SMILES string of the molecule is CC[C@H](C)[C@H](CO)N1C(=O)[C@@H]2[C@H]3C(=O)O[C@@H](c4ccccc4)[C@H](COC)NC(=O)CC/C=C\CN(c4ccc5ccccc5c4)C(=O)[C@@H]1[C@]21C=C[C@H]3O1. The Morgan fingerprint density at radius 1 is 0.981 bits per heavy atom. The van der Waals surface area contributed by atoms with Crippen molar-refractivity contribution in [2.24, 2.45) is 17.8 Å². The van der Waals surface area contributed by atoms with Crippen molar-refractivity contribution in [2.75, 3.05) is 31.8 Å². The van der Waals surface area contributed by atoms with Gasteiger partial charge in [-0.25, -0.2) is 0 Å². The molecule has 11 nitrogen and oxygen atoms in total. The van der Waals surface area contributed by atoms with Crippen LogP contribution in [0.5, 0.6) is 0 Å². The van der Waals surface area contributed by atoms with Crippen LogP contribution in [0, 0.1) is 17.8 Å². The van der Waals surface area contributed by atoms with Gasteiger partial charge in [0, 0.05) is 25.8 Å². The lowest BCUT2D eigenvalue weighted by Crippen LogP contribution is -2.59. The summed E-state index contributed by atoms with van der Waals surface area (Å²) in [4.78, 5) is 61.3. The quantitative estimate of drug-likeness (QED) is 0.257. The van der Waals surface area contributed by atoms with Crippen molar-refractivity contribution >= 4 is 40.2 Å². The molecule has 4 aliphatic rings. The minimum Gasteiger partial charge on any atom is -0.455 e. The van der Waals surface area contributed by atoms with E-state index in [-0.39, 0.29) is 38.0 Å². The van der Waals surface area contributed by atoms with Crippen LogP contribution >= 0.6 is 0 Å². The van der Waals surface area contributed by atoms with Gasteiger partial charge >= 0.3 is 5.97 Å². The number of aliphatic hydroxyl groups excluding tert-OH is 1. The highest BCUT2D eigenvalue weighted by atomic mass is 16.6. The average Bonchev–Trinajstić information content (AvgIpc) is 3.82. The number of amides is 3. The number of rotatable bonds is 8. The van der Waals surface area contributed by atoms with Crippen LogP contribution < -0.4 is 10.2 Å². The van der Waals surface area contributed by atoms with E-state index in [4.69, 9.17) is 14.2 Å². The summed E-state index contributed by atoms with van der Waals surface area (Å²) >= 11 is 0. The highest BCUT2D eigenvalue weighted by Crippen LogP contribution is 2.57. The number of methoxy groups -OCH3 is 1. The Morgan fingerprint density at radius 3 is 2.47 bits per heavy atom. The minimum absolute atomic E-state index is 0.0589. The summed E-state index contributed by atoms with van der Waals surface area (Å²) in [6.45, 7) is 3.75. The van der Waals surface area contributed by atoms with E-state index in [0.717, 1.165) is 10.8 Å². The van der Waals surface area contributed by atoms with Crippen LogP contribution in [0.25, 0.3) is 10.8 Å². The van der Waals surface area contributed by atoms with Crippen molar-refractivity contribution < 1.29 is 38.5 Å². The molecule has 0 radical (unpaired) electrons. The highest BCUT2D eigenvalue weighted by Gasteiger charge is 2.74. The van der Waals surface area contributed by atoms with Gasteiger partial charge in [0.15, 0.2) is 0 Å². The molecule has 53 heavy (non-hydrogen) atoms. The summed E-state index contributed by atoms with van der Waals surface area (Å²) in [5.74, 6) is -4.12. The van der Waals surface area contributed by atoms with E-state index in [1.165, 1.54) is 12.0 Å². The molecular formula is C42H47N3O8. The molecule has 1 spiro atoms. The van der Waals surface area contributed by atoms with Gasteiger partial charge in [-0.15, -0.1) is 0 Å². The van der Waals surface area contributed by atoms with E-state index in [9.17, 15) is 19.5 Å². The minimum atomic E-state index is -1.49. The first-order chi connectivity index (χ1) is 25.7. The molecule has 4 heterocycles. The van der Waals surface area contributed by atoms with E-state index < -0.39 is 65.6 Å². The van der Waals surface area contributed by atoms with E-state index in [1.807, 2.05) is 98.8 Å². The lowest BCUT2D eigenvalue weighted by Gasteiger charge is -2.40. The predicted molar refractivity (Wildman–Crippen MR) is 198 cm³/mol. The van der Waals surface area contributed by atoms with E-state index in [0.29, 0.717) is 24.1 Å². The highest BCUT2D eigenvalue weighted by molar-refractivity contribution is 6.06. The number of hydrogen-bond donors (Lipinski definition) is 2. The summed E-state index contributed by atoms with van der Waals surface area (Å²) in [5, 5.41) is 15.8. The maximum absolute atomic E-state index is 15.3. The number of nitrogens with one attached hydrogen (secondary N) is 1. The molecule has 7 rings (SSSR count). The number of hydrogen-bond acceptors (Lipinski definition) is 8. The monoisotopic (exact) mass is 721 g/mol. The molecule has 0 saturated carbocycles. The third kappa shape index (κ3) is 6.55. The molecule has 3 amide bonds. The van der Waals surface area contributed by atoms with Gasteiger partial charge in [-0.1, -0.05) is 105 Å². The number of ether oxygens (including phenoxy) is 3. The second-order valence-corrected chi connectivity index (χ2v) is 14.5. The number of cyclic esters (lactones) is 1. The summed E-state index contributed by atoms with van der Waals surface area (Å²) in [6.07, 6.45) is 6.63. The number of allylic oxidation sites excluding steroid dienone is 1. The van der Waals surface area contributed by atoms with Crippen molar-refractivity contribution in [1.29, 1.82) is 0 Å². The zero-order chi connectivity index (χ0) is 37.3. The number of benzene rings is 3. The normalized spacial score (nSPS) is 30.6. The van der Waals surface area contributed by atoms with Crippen molar-refractivity contribution in [2.45, 2.75) is 69.0 Å². The molecule has 3 aromatic carbocycles. The second kappa shape index (κ2) is 15.3. The summed E-state index contributed by atoms with van der Waals surface area (Å²) in [5.41, 5.74) is -0.227. The number of likely N-dealkylation sites (tertiary alicyclic amines) is 1. The summed E-state index contributed by atoms with van der Waals surface area (Å²) in [6, 6.07) is 20.1. The van der Waals surface area contributed by atoms with Gasteiger partial charge < -0.3 is 34.4 Å². The van der Waals surface area contributed by atoms with Crippen molar-refractivity contribution in [3.63, 3.8) is 0 Å². The predicted octanol–water partition coefficient (Wildman–Crippen LogP) is 4.50. The van der Waals surface area contributed by atoms with Crippen LogP contribution in [0.1, 0.15) is 44.8 Å². The van der Waals surface area contributed by atoms with Crippen LogP contribution in [0.2, 0.25) is 0 Å². The summed E-state index contributed by atoms with van der Waals surface area (Å²) < 4.78 is 18.5. The first-order valence-corrected chi connectivity index (χ1v) is 18.5. The Labute approximate surface area is 309 Å². The fraction of sp³-hybridized carbons (Fsp3) is 0.429. The number of anilines is 1. The molecule has 0 aliphatic carbocycles. The van der Waals surface area contributed by atoms with Gasteiger partial charge in [-0.05, 0) is 40.8 Å². The Kier molecular flexibility index (Phi) is 10.5. The summed E-state index contributed by atoms with van der Waals surface area (Å²) in [7, 11) is 1.51. The number of carbonyl (C=O) groups is 4. The standard InChI is InChI=1S/C42H47N3O8/c1-4-26(2)32(24-46)45-38-40(49)44(30-19-18-27-13-10-11-16-29(27)23-30)22-12-6-9-17-34(47)43-31(25-51-3)37(28-14-7-5-8-15-28)52-41(50)35-33-20-21-42(38,53-33)36(35)39(45)48/h5-8,10-16,18-21,23,26,31-33,35-38,46H,4,9,17,22,24-25H2,1-3H3,(H,43,47)/b12-6-/t26-,31-,32-,33+,35-,36-,37-,38+,42-/m0/s1. The van der Waals surface area contributed by atoms with Gasteiger partial charge in [0.2, 0.25) is 11.8 Å². The van der Waals surface area contributed by atoms with Crippen LogP contribution in [0.4, 0.5) is 5.69 Å². The fourth-order valence-electron chi connectivity index (χ4n) is 8.55. The van der Waals surface area contributed by atoms with Gasteiger partial charge in [0.25, 0.3) is 5.91 Å². The van der Waals surface area contributed by atoms with Gasteiger partial charge in [-0.3, -0.25) is 19.2 Å². The third-order valence-electron chi connectivity index (χ3n) is 11.4. The van der Waals surface area contributed by atoms with E-state index in [2.05, 4.69) is 5.32 Å². The Hall–Kier alpha value is -4.84. The number of esters is 1. The number of fused-ring (bicyclic) bond motifs is 3. The zero-order valence-electron chi connectivity index (χ0n) is 30.3. The van der Waals surface area contributed by atoms with Crippen molar-refractivity contribution in [3.8, 4) is 0 Å². The second-order valence-electron chi connectivity index (χ2n) is 14.5. The third-order valence-corrected chi connectivity index (χ3v) is 11.4. The smallest absolute Gasteiger partial charge is 0.313 e. The molecule has 0 aromatic heterocycles. The van der Waals surface area contributed by atoms with E-state index >= 15 is 4.79 Å². The van der Waals surface area contributed by atoms with Gasteiger partial charge in [-0.2, -0.15) is 0 Å². The molecule has 4 aliphatic heterocycles. The van der Waals surface area contributed by atoms with Crippen molar-refractivity contribution in [3.05, 3.63) is 103 Å². The number of nitrogens with zero attached hydrogens (tertiary/aromatic N) is 2. The molecule has 2 N–H and O–H groups in total. The van der Waals surface area contributed by atoms with E-state index in [1.54, 1.807) is 17.1 Å². The molecule has 9 atom stereocenters. The fourth-order valence-corrected chi connectivity index (χ4v) is 8.55. The molecule has 2 fully saturated rings. The Bertz CT molecular complexity index is 1910. The molecule has 5 bridgehead atoms. The Balaban J connectivity index is 1.37. The van der Waals surface area contributed by atoms with Gasteiger partial charge in [0.1, 0.15) is 23.7 Å². The average molecular weight is 722 g/mol. The molecular weight excluding hydrogens is 674 g/mol. The largest absolute Gasteiger partial charge is 0.455 e. The Morgan fingerprint density at radius 2 is 1.74 bits per heavy atom. The van der Waals surface area contributed by atoms with Crippen LogP contribution in [0.3, 0.4) is 0 Å². The molecule has 11 heteroatoms. The van der Waals surface area contributed by atoms with Crippen LogP contribution in [-0.2, 0) is 33.4 Å². The zero-order valence-corrected chi connectivity index (χ0v) is 30.3. The molecule has 0 unspecified atom stereocenters. The number of aliphatic hydroxyl groups is 1. The molecule has 278 valence electrons. The topological polar surface area (TPSA) is 135 Å².